The summed E-state index contributed by atoms with van der Waals surface area (Å²) in [5.41, 5.74) is 2.48. The summed E-state index contributed by atoms with van der Waals surface area (Å²) >= 11 is 1.51. The Morgan fingerprint density at radius 1 is 1.11 bits per heavy atom. The van der Waals surface area contributed by atoms with Gasteiger partial charge in [0.2, 0.25) is 0 Å². The molecule has 0 spiro atoms. The van der Waals surface area contributed by atoms with Crippen molar-refractivity contribution in [2.24, 2.45) is 0 Å². The highest BCUT2D eigenvalue weighted by Gasteiger charge is 2.14. The van der Waals surface area contributed by atoms with Crippen LogP contribution in [0.25, 0.3) is 0 Å². The number of aryl methyl sites for hydroxylation is 1. The first kappa shape index (κ1) is 19.7. The van der Waals surface area contributed by atoms with Gasteiger partial charge in [0.25, 0.3) is 11.8 Å². The summed E-state index contributed by atoms with van der Waals surface area (Å²) in [5, 5.41) is 6.75. The Bertz CT molecular complexity index is 998. The number of thioether (sulfide) groups is 1. The fourth-order valence-electron chi connectivity index (χ4n) is 2.60. The first-order valence-electron chi connectivity index (χ1n) is 8.71. The summed E-state index contributed by atoms with van der Waals surface area (Å²) in [5.74, 6) is 0.992. The third-order valence-electron chi connectivity index (χ3n) is 3.95. The molecule has 7 heteroatoms. The highest BCUT2D eigenvalue weighted by atomic mass is 32.2. The molecule has 2 amide bonds. The van der Waals surface area contributed by atoms with E-state index in [9.17, 15) is 9.59 Å². The van der Waals surface area contributed by atoms with Crippen LogP contribution < -0.4 is 5.32 Å². The molecule has 28 heavy (non-hydrogen) atoms. The normalized spacial score (nSPS) is 10.5. The molecule has 1 aromatic heterocycles. The Morgan fingerprint density at radius 2 is 1.89 bits per heavy atom. The average molecular weight is 395 g/mol. The molecule has 6 nitrogen and oxygen atoms in total. The van der Waals surface area contributed by atoms with Crippen LogP contribution in [0.3, 0.4) is 0 Å². The van der Waals surface area contributed by atoms with Gasteiger partial charge in [-0.15, -0.1) is 11.8 Å². The van der Waals surface area contributed by atoms with Gasteiger partial charge in [0, 0.05) is 36.3 Å². The first-order chi connectivity index (χ1) is 13.4. The Morgan fingerprint density at radius 3 is 2.61 bits per heavy atom. The second-order valence-corrected chi connectivity index (χ2v) is 7.47. The van der Waals surface area contributed by atoms with Crippen molar-refractivity contribution in [1.29, 1.82) is 0 Å². The quantitative estimate of drug-likeness (QED) is 0.632. The first-order valence-corrected chi connectivity index (χ1v) is 9.69. The molecular formula is C21H21N3O3S. The Balaban J connectivity index is 1.74. The molecule has 144 valence electrons. The van der Waals surface area contributed by atoms with Gasteiger partial charge >= 0.3 is 0 Å². The van der Waals surface area contributed by atoms with E-state index in [-0.39, 0.29) is 11.8 Å². The average Bonchev–Trinajstić information content (AvgIpc) is 3.11. The predicted molar refractivity (Wildman–Crippen MR) is 110 cm³/mol. The van der Waals surface area contributed by atoms with Crippen LogP contribution in [0.4, 0.5) is 5.69 Å². The number of rotatable bonds is 6. The summed E-state index contributed by atoms with van der Waals surface area (Å²) in [6.07, 6.45) is 0. The zero-order chi connectivity index (χ0) is 20.1. The maximum absolute atomic E-state index is 12.8. The molecule has 0 unspecified atom stereocenters. The minimum absolute atomic E-state index is 0.116. The van der Waals surface area contributed by atoms with Crippen LogP contribution in [0, 0.1) is 6.92 Å². The van der Waals surface area contributed by atoms with Crippen LogP contribution in [0.2, 0.25) is 0 Å². The van der Waals surface area contributed by atoms with Crippen LogP contribution in [0.15, 0.2) is 64.0 Å². The molecule has 3 rings (SSSR count). The molecule has 1 N–H and O–H groups in total. The zero-order valence-corrected chi connectivity index (χ0v) is 16.7. The topological polar surface area (TPSA) is 75.4 Å². The smallest absolute Gasteiger partial charge is 0.256 e. The standard InChI is InChI=1S/C21H21N3O3S/c1-14-11-17(27-23-14)13-28-19-10-5-4-9-18(19)20(25)22-16-8-6-7-15(12-16)21(26)24(2)3/h4-12H,13H2,1-3H3,(H,22,25). The number of aromatic nitrogens is 1. The highest BCUT2D eigenvalue weighted by molar-refractivity contribution is 7.98. The second-order valence-electron chi connectivity index (χ2n) is 6.45. The minimum atomic E-state index is -0.230. The van der Waals surface area contributed by atoms with Crippen molar-refractivity contribution in [3.63, 3.8) is 0 Å². The van der Waals surface area contributed by atoms with Crippen molar-refractivity contribution < 1.29 is 14.1 Å². The van der Waals surface area contributed by atoms with E-state index in [1.54, 1.807) is 44.4 Å². The number of carbonyl (C=O) groups excluding carboxylic acids is 2. The minimum Gasteiger partial charge on any atom is -0.360 e. The Hall–Kier alpha value is -3.06. The summed E-state index contributed by atoms with van der Waals surface area (Å²) in [6, 6.07) is 16.2. The van der Waals surface area contributed by atoms with E-state index in [1.807, 2.05) is 31.2 Å². The molecule has 1 heterocycles. The maximum atomic E-state index is 12.8. The van der Waals surface area contributed by atoms with E-state index in [4.69, 9.17) is 4.52 Å². The van der Waals surface area contributed by atoms with E-state index in [0.29, 0.717) is 22.6 Å². The van der Waals surface area contributed by atoms with Crippen molar-refractivity contribution >= 4 is 29.3 Å². The van der Waals surface area contributed by atoms with Crippen molar-refractivity contribution in [3.05, 3.63) is 77.2 Å². The molecule has 0 aliphatic rings. The fourth-order valence-corrected chi connectivity index (χ4v) is 3.52. The van der Waals surface area contributed by atoms with Gasteiger partial charge in [-0.2, -0.15) is 0 Å². The zero-order valence-electron chi connectivity index (χ0n) is 15.9. The van der Waals surface area contributed by atoms with Crippen LogP contribution in [-0.4, -0.2) is 36.0 Å². The van der Waals surface area contributed by atoms with Crippen molar-refractivity contribution in [2.75, 3.05) is 19.4 Å². The van der Waals surface area contributed by atoms with Crippen molar-refractivity contribution in [1.82, 2.24) is 10.1 Å². The van der Waals surface area contributed by atoms with Gasteiger partial charge < -0.3 is 14.7 Å². The van der Waals surface area contributed by atoms with Gasteiger partial charge in [0.05, 0.1) is 17.0 Å². The summed E-state index contributed by atoms with van der Waals surface area (Å²) < 4.78 is 5.23. The van der Waals surface area contributed by atoms with Gasteiger partial charge in [0.1, 0.15) is 5.76 Å². The number of benzene rings is 2. The monoisotopic (exact) mass is 395 g/mol. The van der Waals surface area contributed by atoms with Crippen LogP contribution in [-0.2, 0) is 5.75 Å². The Labute approximate surface area is 167 Å². The lowest BCUT2D eigenvalue weighted by Gasteiger charge is -2.12. The van der Waals surface area contributed by atoms with Gasteiger partial charge in [-0.1, -0.05) is 23.4 Å². The molecule has 0 radical (unpaired) electrons. The molecule has 3 aromatic rings. The summed E-state index contributed by atoms with van der Waals surface area (Å²) in [7, 11) is 3.38. The van der Waals surface area contributed by atoms with Crippen LogP contribution in [0.1, 0.15) is 32.2 Å². The van der Waals surface area contributed by atoms with Gasteiger partial charge in [0.15, 0.2) is 0 Å². The number of amides is 2. The van der Waals surface area contributed by atoms with Crippen LogP contribution in [0.5, 0.6) is 0 Å². The second kappa shape index (κ2) is 8.75. The number of nitrogens with zero attached hydrogens (tertiary/aromatic N) is 2. The molecule has 0 atom stereocenters. The SMILES string of the molecule is Cc1cc(CSc2ccccc2C(=O)Nc2cccc(C(=O)N(C)C)c2)on1. The molecule has 0 aliphatic heterocycles. The molecule has 2 aromatic carbocycles. The molecule has 0 saturated carbocycles. The number of hydrogen-bond acceptors (Lipinski definition) is 5. The number of hydrogen-bond donors (Lipinski definition) is 1. The van der Waals surface area contributed by atoms with Gasteiger partial charge in [-0.05, 0) is 37.3 Å². The van der Waals surface area contributed by atoms with Gasteiger partial charge in [-0.3, -0.25) is 9.59 Å². The summed E-state index contributed by atoms with van der Waals surface area (Å²) in [6.45, 7) is 1.87. The Kier molecular flexibility index (Phi) is 6.16. The lowest BCUT2D eigenvalue weighted by atomic mass is 10.1. The number of nitrogens with one attached hydrogen (secondary N) is 1. The maximum Gasteiger partial charge on any atom is 0.256 e. The van der Waals surface area contributed by atoms with Crippen molar-refractivity contribution in [2.45, 2.75) is 17.6 Å². The molecule has 0 fully saturated rings. The van der Waals surface area contributed by atoms with Gasteiger partial charge in [-0.25, -0.2) is 0 Å². The van der Waals surface area contributed by atoms with E-state index in [1.165, 1.54) is 16.7 Å². The molecule has 0 aliphatic carbocycles. The van der Waals surface area contributed by atoms with Crippen LogP contribution >= 0.6 is 11.8 Å². The number of carbonyl (C=O) groups is 2. The van der Waals surface area contributed by atoms with E-state index in [0.717, 1.165) is 16.3 Å². The van der Waals surface area contributed by atoms with Crippen molar-refractivity contribution in [3.8, 4) is 0 Å². The van der Waals surface area contributed by atoms with E-state index >= 15 is 0 Å². The number of anilines is 1. The molecule has 0 bridgehead atoms. The highest BCUT2D eigenvalue weighted by Crippen LogP contribution is 2.27. The lowest BCUT2D eigenvalue weighted by Crippen LogP contribution is -2.22. The predicted octanol–water partition coefficient (Wildman–Crippen LogP) is 4.23. The van der Waals surface area contributed by atoms with E-state index < -0.39 is 0 Å². The molecule has 0 saturated heterocycles. The third kappa shape index (κ3) is 4.80. The summed E-state index contributed by atoms with van der Waals surface area (Å²) in [4.78, 5) is 27.3. The third-order valence-corrected chi connectivity index (χ3v) is 5.05. The lowest BCUT2D eigenvalue weighted by molar-refractivity contribution is 0.0827. The van der Waals surface area contributed by atoms with E-state index in [2.05, 4.69) is 10.5 Å². The molecular weight excluding hydrogens is 374 g/mol. The fraction of sp³-hybridized carbons (Fsp3) is 0.190. The largest absolute Gasteiger partial charge is 0.360 e.